The average Bonchev–Trinajstić information content (AvgIpc) is 3.23. The normalized spacial score (nSPS) is 11.5. The third-order valence-corrected chi connectivity index (χ3v) is 4.04. The molecule has 1 heterocycles. The molecule has 0 aliphatic rings. The van der Waals surface area contributed by atoms with Crippen molar-refractivity contribution in [3.8, 4) is 5.75 Å². The lowest BCUT2D eigenvalue weighted by Crippen LogP contribution is -2.24. The first-order chi connectivity index (χ1) is 13.5. The summed E-state index contributed by atoms with van der Waals surface area (Å²) in [6.45, 7) is 1.70. The topological polar surface area (TPSA) is 98.1 Å². The van der Waals surface area contributed by atoms with Gasteiger partial charge in [0.25, 0.3) is 5.91 Å². The SMILES string of the molecule is COc1ccc(C(=O)Nc2ccc(NC(=O)C(C)n3cncn3)cc2)c(F)c1. The number of halogens is 1. The van der Waals surface area contributed by atoms with E-state index < -0.39 is 17.8 Å². The fourth-order valence-electron chi connectivity index (χ4n) is 2.43. The fourth-order valence-corrected chi connectivity index (χ4v) is 2.43. The van der Waals surface area contributed by atoms with Crippen LogP contribution in [0, 0.1) is 5.82 Å². The molecule has 1 unspecified atom stereocenters. The van der Waals surface area contributed by atoms with Crippen molar-refractivity contribution in [2.24, 2.45) is 0 Å². The second-order valence-corrected chi connectivity index (χ2v) is 5.92. The summed E-state index contributed by atoms with van der Waals surface area (Å²) < 4.78 is 20.3. The minimum Gasteiger partial charge on any atom is -0.497 e. The second-order valence-electron chi connectivity index (χ2n) is 5.92. The Labute approximate surface area is 160 Å². The molecule has 0 saturated carbocycles. The van der Waals surface area contributed by atoms with Crippen molar-refractivity contribution in [2.75, 3.05) is 17.7 Å². The molecule has 1 aromatic heterocycles. The zero-order chi connectivity index (χ0) is 20.1. The molecule has 8 nitrogen and oxygen atoms in total. The number of hydrogen-bond donors (Lipinski definition) is 2. The van der Waals surface area contributed by atoms with Gasteiger partial charge >= 0.3 is 0 Å². The lowest BCUT2D eigenvalue weighted by molar-refractivity contribution is -0.119. The van der Waals surface area contributed by atoms with Gasteiger partial charge in [0.05, 0.1) is 12.7 Å². The number of benzene rings is 2. The van der Waals surface area contributed by atoms with Crippen LogP contribution in [0.1, 0.15) is 23.3 Å². The number of carbonyl (C=O) groups excluding carboxylic acids is 2. The van der Waals surface area contributed by atoms with E-state index in [1.165, 1.54) is 36.6 Å². The molecule has 0 fully saturated rings. The highest BCUT2D eigenvalue weighted by molar-refractivity contribution is 6.04. The molecular formula is C19H18FN5O3. The summed E-state index contributed by atoms with van der Waals surface area (Å²) >= 11 is 0. The second kappa shape index (κ2) is 8.30. The van der Waals surface area contributed by atoms with Gasteiger partial charge in [0.2, 0.25) is 5.91 Å². The van der Waals surface area contributed by atoms with Crippen LogP contribution in [0.25, 0.3) is 0 Å². The Morgan fingerprint density at radius 1 is 1.11 bits per heavy atom. The maximum absolute atomic E-state index is 14.0. The first kappa shape index (κ1) is 19.0. The van der Waals surface area contributed by atoms with Gasteiger partial charge in [-0.25, -0.2) is 14.1 Å². The van der Waals surface area contributed by atoms with Crippen molar-refractivity contribution >= 4 is 23.2 Å². The van der Waals surface area contributed by atoms with E-state index in [0.29, 0.717) is 17.1 Å². The number of carbonyl (C=O) groups is 2. The predicted molar refractivity (Wildman–Crippen MR) is 101 cm³/mol. The number of rotatable bonds is 6. The van der Waals surface area contributed by atoms with Gasteiger partial charge in [-0.1, -0.05) is 0 Å². The Morgan fingerprint density at radius 2 is 1.79 bits per heavy atom. The van der Waals surface area contributed by atoms with Gasteiger partial charge in [0, 0.05) is 17.4 Å². The van der Waals surface area contributed by atoms with Gasteiger partial charge in [-0.2, -0.15) is 5.10 Å². The largest absolute Gasteiger partial charge is 0.497 e. The van der Waals surface area contributed by atoms with Gasteiger partial charge in [-0.15, -0.1) is 0 Å². The molecule has 0 saturated heterocycles. The maximum atomic E-state index is 14.0. The molecule has 28 heavy (non-hydrogen) atoms. The molecule has 0 aliphatic heterocycles. The molecule has 3 aromatic rings. The minimum atomic E-state index is -0.678. The molecule has 0 spiro atoms. The molecule has 2 aromatic carbocycles. The number of nitrogens with one attached hydrogen (secondary N) is 2. The zero-order valence-corrected chi connectivity index (χ0v) is 15.2. The molecule has 0 radical (unpaired) electrons. The summed E-state index contributed by atoms with van der Waals surface area (Å²) in [6.07, 6.45) is 2.81. The van der Waals surface area contributed by atoms with Gasteiger partial charge in [-0.3, -0.25) is 9.59 Å². The van der Waals surface area contributed by atoms with E-state index >= 15 is 0 Å². The molecule has 2 N–H and O–H groups in total. The Morgan fingerprint density at radius 3 is 2.36 bits per heavy atom. The number of aromatic nitrogens is 3. The highest BCUT2D eigenvalue weighted by Gasteiger charge is 2.16. The van der Waals surface area contributed by atoms with Crippen LogP contribution in [0.2, 0.25) is 0 Å². The molecule has 9 heteroatoms. The van der Waals surface area contributed by atoms with Gasteiger partial charge in [0.1, 0.15) is 30.3 Å². The standard InChI is InChI=1S/C19H18FN5O3/c1-12(25-11-21-10-22-25)18(26)23-13-3-5-14(6-4-13)24-19(27)16-8-7-15(28-2)9-17(16)20/h3-12H,1-2H3,(H,23,26)(H,24,27). The first-order valence-corrected chi connectivity index (χ1v) is 8.38. The predicted octanol–water partition coefficient (Wildman–Crippen LogP) is 2.88. The summed E-state index contributed by atoms with van der Waals surface area (Å²) in [5, 5.41) is 9.29. The Balaban J connectivity index is 1.63. The van der Waals surface area contributed by atoms with Crippen molar-refractivity contribution in [1.82, 2.24) is 14.8 Å². The van der Waals surface area contributed by atoms with E-state index in [2.05, 4.69) is 20.7 Å². The van der Waals surface area contributed by atoms with Crippen LogP contribution in [0.4, 0.5) is 15.8 Å². The maximum Gasteiger partial charge on any atom is 0.258 e. The summed E-state index contributed by atoms with van der Waals surface area (Å²) in [5.41, 5.74) is 0.910. The number of hydrogen-bond acceptors (Lipinski definition) is 5. The monoisotopic (exact) mass is 383 g/mol. The zero-order valence-electron chi connectivity index (χ0n) is 15.2. The van der Waals surface area contributed by atoms with Crippen LogP contribution in [0.5, 0.6) is 5.75 Å². The van der Waals surface area contributed by atoms with Crippen molar-refractivity contribution in [3.05, 3.63) is 66.5 Å². The Bertz CT molecular complexity index is 974. The third kappa shape index (κ3) is 4.32. The number of anilines is 2. The number of amides is 2. The van der Waals surface area contributed by atoms with Crippen LogP contribution in [0.3, 0.4) is 0 Å². The first-order valence-electron chi connectivity index (χ1n) is 8.38. The third-order valence-electron chi connectivity index (χ3n) is 4.04. The van der Waals surface area contributed by atoms with Crippen LogP contribution in [-0.2, 0) is 4.79 Å². The lowest BCUT2D eigenvalue weighted by atomic mass is 10.2. The van der Waals surface area contributed by atoms with E-state index in [-0.39, 0.29) is 11.5 Å². The molecule has 144 valence electrons. The van der Waals surface area contributed by atoms with Crippen molar-refractivity contribution in [1.29, 1.82) is 0 Å². The number of nitrogens with zero attached hydrogens (tertiary/aromatic N) is 3. The van der Waals surface area contributed by atoms with Gasteiger partial charge < -0.3 is 15.4 Å². The fraction of sp³-hybridized carbons (Fsp3) is 0.158. The van der Waals surface area contributed by atoms with Crippen LogP contribution in [0.15, 0.2) is 55.1 Å². The van der Waals surface area contributed by atoms with Crippen LogP contribution >= 0.6 is 0 Å². The van der Waals surface area contributed by atoms with Crippen molar-refractivity contribution in [3.63, 3.8) is 0 Å². The summed E-state index contributed by atoms with van der Waals surface area (Å²) in [5.74, 6) is -1.20. The van der Waals surface area contributed by atoms with Crippen molar-refractivity contribution < 1.29 is 18.7 Å². The van der Waals surface area contributed by atoms with Crippen molar-refractivity contribution in [2.45, 2.75) is 13.0 Å². The average molecular weight is 383 g/mol. The van der Waals surface area contributed by atoms with E-state index in [4.69, 9.17) is 4.74 Å². The van der Waals surface area contributed by atoms with Gasteiger partial charge in [0.15, 0.2) is 0 Å². The lowest BCUT2D eigenvalue weighted by Gasteiger charge is -2.12. The number of ether oxygens (including phenoxy) is 1. The molecule has 0 bridgehead atoms. The molecule has 3 rings (SSSR count). The van der Waals surface area contributed by atoms with E-state index in [1.807, 2.05) is 0 Å². The molecule has 2 amide bonds. The molecule has 0 aliphatic carbocycles. The highest BCUT2D eigenvalue weighted by Crippen LogP contribution is 2.19. The Kier molecular flexibility index (Phi) is 5.64. The quantitative estimate of drug-likeness (QED) is 0.682. The van der Waals surface area contributed by atoms with E-state index in [0.717, 1.165) is 6.07 Å². The highest BCUT2D eigenvalue weighted by atomic mass is 19.1. The van der Waals surface area contributed by atoms with Crippen LogP contribution in [-0.4, -0.2) is 33.7 Å². The van der Waals surface area contributed by atoms with Crippen LogP contribution < -0.4 is 15.4 Å². The summed E-state index contributed by atoms with van der Waals surface area (Å²) in [7, 11) is 1.42. The Hall–Kier alpha value is -3.75. The minimum absolute atomic E-state index is 0.0974. The van der Waals surface area contributed by atoms with E-state index in [9.17, 15) is 14.0 Å². The summed E-state index contributed by atoms with van der Waals surface area (Å²) in [4.78, 5) is 28.3. The summed E-state index contributed by atoms with van der Waals surface area (Å²) in [6, 6.07) is 9.95. The molecule has 1 atom stereocenters. The van der Waals surface area contributed by atoms with E-state index in [1.54, 1.807) is 31.2 Å². The number of methoxy groups -OCH3 is 1. The van der Waals surface area contributed by atoms with Gasteiger partial charge in [-0.05, 0) is 43.3 Å². The molecular weight excluding hydrogens is 365 g/mol. The smallest absolute Gasteiger partial charge is 0.258 e.